The van der Waals surface area contributed by atoms with Crippen LogP contribution in [0.25, 0.3) is 0 Å². The summed E-state index contributed by atoms with van der Waals surface area (Å²) in [6.07, 6.45) is 0.705. The van der Waals surface area contributed by atoms with Crippen molar-refractivity contribution in [3.8, 4) is 11.8 Å². The lowest BCUT2D eigenvalue weighted by atomic mass is 10.3. The van der Waals surface area contributed by atoms with Gasteiger partial charge in [0.15, 0.2) is 0 Å². The van der Waals surface area contributed by atoms with E-state index in [1.54, 1.807) is 12.1 Å². The minimum atomic E-state index is -0.743. The van der Waals surface area contributed by atoms with Crippen molar-refractivity contribution < 1.29 is 14.2 Å². The van der Waals surface area contributed by atoms with Gasteiger partial charge < -0.3 is 15.2 Å². The summed E-state index contributed by atoms with van der Waals surface area (Å²) < 4.78 is 18.0. The highest BCUT2D eigenvalue weighted by Crippen LogP contribution is 2.11. The molecule has 0 bridgehead atoms. The largest absolute Gasteiger partial charge is 0.491 e. The fraction of sp³-hybridized carbons (Fsp3) is 0.200. The van der Waals surface area contributed by atoms with Crippen LogP contribution in [0.2, 0.25) is 0 Å². The number of anilines is 1. The van der Waals surface area contributed by atoms with Crippen LogP contribution in [0, 0.1) is 17.1 Å². The number of nitriles is 1. The minimum absolute atomic E-state index is 0.0783. The quantitative estimate of drug-likeness (QED) is 0.849. The molecule has 0 aliphatic rings. The SMILES string of the molecule is N#Cc1ccc(NC[C@@H](O)COc2ccc(F)cc2)nc1. The van der Waals surface area contributed by atoms with Crippen LogP contribution in [0.4, 0.5) is 10.2 Å². The summed E-state index contributed by atoms with van der Waals surface area (Å²) in [7, 11) is 0. The van der Waals surface area contributed by atoms with Gasteiger partial charge in [-0.05, 0) is 36.4 Å². The predicted molar refractivity (Wildman–Crippen MR) is 75.3 cm³/mol. The predicted octanol–water partition coefficient (Wildman–Crippen LogP) is 1.94. The van der Waals surface area contributed by atoms with Gasteiger partial charge in [-0.25, -0.2) is 9.37 Å². The first-order valence-electron chi connectivity index (χ1n) is 6.34. The molecule has 1 aromatic heterocycles. The van der Waals surface area contributed by atoms with E-state index in [4.69, 9.17) is 10.00 Å². The molecule has 6 heteroatoms. The van der Waals surface area contributed by atoms with Gasteiger partial charge in [0.25, 0.3) is 0 Å². The first-order chi connectivity index (χ1) is 10.2. The average molecular weight is 287 g/mol. The number of hydrogen-bond acceptors (Lipinski definition) is 5. The first-order valence-corrected chi connectivity index (χ1v) is 6.34. The van der Waals surface area contributed by atoms with E-state index in [1.807, 2.05) is 6.07 Å². The monoisotopic (exact) mass is 287 g/mol. The fourth-order valence-corrected chi connectivity index (χ4v) is 1.57. The summed E-state index contributed by atoms with van der Waals surface area (Å²) in [4.78, 5) is 4.02. The molecule has 0 aliphatic heterocycles. The van der Waals surface area contributed by atoms with E-state index in [0.29, 0.717) is 17.1 Å². The summed E-state index contributed by atoms with van der Waals surface area (Å²) in [6.45, 7) is 0.328. The smallest absolute Gasteiger partial charge is 0.126 e. The van der Waals surface area contributed by atoms with Gasteiger partial charge in [-0.3, -0.25) is 0 Å². The molecule has 1 heterocycles. The molecule has 0 amide bonds. The summed E-state index contributed by atoms with van der Waals surface area (Å²) in [5, 5.41) is 21.4. The molecule has 108 valence electrons. The molecule has 2 N–H and O–H groups in total. The molecule has 2 rings (SSSR count). The van der Waals surface area contributed by atoms with Crippen molar-refractivity contribution in [3.63, 3.8) is 0 Å². The Bertz CT molecular complexity index is 608. The number of aromatic nitrogens is 1. The second-order valence-electron chi connectivity index (χ2n) is 4.34. The highest BCUT2D eigenvalue weighted by molar-refractivity contribution is 5.38. The van der Waals surface area contributed by atoms with Gasteiger partial charge in [0.2, 0.25) is 0 Å². The molecule has 0 aliphatic carbocycles. The standard InChI is InChI=1S/C15H14FN3O2/c16-12-2-4-14(5-3-12)21-10-13(20)9-19-15-6-1-11(7-17)8-18-15/h1-6,8,13,20H,9-10H2,(H,18,19)/t13-/m1/s1. The van der Waals surface area contributed by atoms with E-state index in [2.05, 4.69) is 10.3 Å². The number of aliphatic hydroxyl groups is 1. The zero-order valence-corrected chi connectivity index (χ0v) is 11.2. The first kappa shape index (κ1) is 14.8. The number of aliphatic hydroxyl groups excluding tert-OH is 1. The van der Waals surface area contributed by atoms with Crippen molar-refractivity contribution in [2.24, 2.45) is 0 Å². The molecule has 0 unspecified atom stereocenters. The molecule has 5 nitrogen and oxygen atoms in total. The van der Waals surface area contributed by atoms with E-state index < -0.39 is 6.10 Å². The molecule has 0 saturated carbocycles. The average Bonchev–Trinajstić information content (AvgIpc) is 2.53. The topological polar surface area (TPSA) is 78.2 Å². The Morgan fingerprint density at radius 1 is 1.29 bits per heavy atom. The maximum atomic E-state index is 12.7. The van der Waals surface area contributed by atoms with Crippen molar-refractivity contribution >= 4 is 5.82 Å². The summed E-state index contributed by atoms with van der Waals surface area (Å²) in [5.41, 5.74) is 0.473. The molecule has 0 spiro atoms. The minimum Gasteiger partial charge on any atom is -0.491 e. The van der Waals surface area contributed by atoms with Crippen molar-refractivity contribution in [2.75, 3.05) is 18.5 Å². The Morgan fingerprint density at radius 2 is 2.05 bits per heavy atom. The number of benzene rings is 1. The third-order valence-electron chi connectivity index (χ3n) is 2.67. The van der Waals surface area contributed by atoms with E-state index in [0.717, 1.165) is 0 Å². The van der Waals surface area contributed by atoms with Gasteiger partial charge >= 0.3 is 0 Å². The lowest BCUT2D eigenvalue weighted by Crippen LogP contribution is -2.26. The maximum Gasteiger partial charge on any atom is 0.126 e. The zero-order valence-electron chi connectivity index (χ0n) is 11.2. The van der Waals surface area contributed by atoms with E-state index in [9.17, 15) is 9.50 Å². The Kier molecular flexibility index (Phi) is 5.07. The van der Waals surface area contributed by atoms with Crippen LogP contribution in [0.1, 0.15) is 5.56 Å². The van der Waals surface area contributed by atoms with Gasteiger partial charge in [-0.2, -0.15) is 5.26 Å². The summed E-state index contributed by atoms with van der Waals surface area (Å²) >= 11 is 0. The molecular formula is C15H14FN3O2. The van der Waals surface area contributed by atoms with Gasteiger partial charge in [-0.1, -0.05) is 0 Å². The third kappa shape index (κ3) is 4.75. The van der Waals surface area contributed by atoms with Crippen molar-refractivity contribution in [1.82, 2.24) is 4.98 Å². The van der Waals surface area contributed by atoms with Crippen LogP contribution < -0.4 is 10.1 Å². The van der Waals surface area contributed by atoms with Gasteiger partial charge in [-0.15, -0.1) is 0 Å². The molecular weight excluding hydrogens is 273 g/mol. The molecule has 0 fully saturated rings. The maximum absolute atomic E-state index is 12.7. The normalized spacial score (nSPS) is 11.5. The molecule has 0 radical (unpaired) electrons. The number of pyridine rings is 1. The Labute approximate surface area is 121 Å². The highest BCUT2D eigenvalue weighted by Gasteiger charge is 2.06. The fourth-order valence-electron chi connectivity index (χ4n) is 1.57. The van der Waals surface area contributed by atoms with E-state index in [-0.39, 0.29) is 19.0 Å². The zero-order chi connectivity index (χ0) is 15.1. The number of hydrogen-bond donors (Lipinski definition) is 2. The number of rotatable bonds is 6. The van der Waals surface area contributed by atoms with E-state index >= 15 is 0 Å². The molecule has 1 atom stereocenters. The molecule has 1 aromatic carbocycles. The van der Waals surface area contributed by atoms with Crippen LogP contribution in [0.3, 0.4) is 0 Å². The lowest BCUT2D eigenvalue weighted by Gasteiger charge is -2.13. The lowest BCUT2D eigenvalue weighted by molar-refractivity contribution is 0.117. The van der Waals surface area contributed by atoms with Crippen molar-refractivity contribution in [1.29, 1.82) is 5.26 Å². The molecule has 2 aromatic rings. The summed E-state index contributed by atoms with van der Waals surface area (Å²) in [5.74, 6) is 0.721. The van der Waals surface area contributed by atoms with Crippen LogP contribution in [-0.4, -0.2) is 29.3 Å². The Morgan fingerprint density at radius 3 is 2.67 bits per heavy atom. The van der Waals surface area contributed by atoms with Crippen LogP contribution in [0.15, 0.2) is 42.6 Å². The van der Waals surface area contributed by atoms with Crippen LogP contribution in [0.5, 0.6) is 5.75 Å². The molecule has 0 saturated heterocycles. The Balaban J connectivity index is 1.75. The number of nitrogens with one attached hydrogen (secondary N) is 1. The van der Waals surface area contributed by atoms with Gasteiger partial charge in [0.05, 0.1) is 5.56 Å². The van der Waals surface area contributed by atoms with Crippen molar-refractivity contribution in [3.05, 3.63) is 54.0 Å². The van der Waals surface area contributed by atoms with Crippen LogP contribution >= 0.6 is 0 Å². The van der Waals surface area contributed by atoms with Gasteiger partial charge in [0, 0.05) is 12.7 Å². The van der Waals surface area contributed by atoms with Crippen molar-refractivity contribution in [2.45, 2.75) is 6.10 Å². The van der Waals surface area contributed by atoms with Gasteiger partial charge in [0.1, 0.15) is 36.2 Å². The third-order valence-corrected chi connectivity index (χ3v) is 2.67. The Hall–Kier alpha value is -2.65. The second-order valence-corrected chi connectivity index (χ2v) is 4.34. The number of ether oxygens (including phenoxy) is 1. The molecule has 21 heavy (non-hydrogen) atoms. The summed E-state index contributed by atoms with van der Waals surface area (Å²) in [6, 6.07) is 10.8. The highest BCUT2D eigenvalue weighted by atomic mass is 19.1. The number of halogens is 1. The second kappa shape index (κ2) is 7.22. The van der Waals surface area contributed by atoms with Crippen LogP contribution in [-0.2, 0) is 0 Å². The van der Waals surface area contributed by atoms with E-state index in [1.165, 1.54) is 30.5 Å². The number of nitrogens with zero attached hydrogens (tertiary/aromatic N) is 2.